The summed E-state index contributed by atoms with van der Waals surface area (Å²) in [4.78, 5) is 25.4. The van der Waals surface area contributed by atoms with Crippen molar-refractivity contribution in [2.24, 2.45) is 0 Å². The van der Waals surface area contributed by atoms with Crippen molar-refractivity contribution in [2.45, 2.75) is 18.7 Å². The summed E-state index contributed by atoms with van der Waals surface area (Å²) in [5.74, 6) is -0.739. The van der Waals surface area contributed by atoms with Crippen molar-refractivity contribution in [1.82, 2.24) is 0 Å². The maximum Gasteiger partial charge on any atom is 0.345 e. The molecule has 0 spiro atoms. The summed E-state index contributed by atoms with van der Waals surface area (Å²) >= 11 is 0. The third kappa shape index (κ3) is 4.44. The maximum atomic E-state index is 14.6. The predicted molar refractivity (Wildman–Crippen MR) is 140 cm³/mol. The number of hydrogen-bond donors (Lipinski definition) is 0. The minimum absolute atomic E-state index is 0.184. The highest BCUT2D eigenvalue weighted by atomic mass is 31.2. The highest BCUT2D eigenvalue weighted by Gasteiger charge is 2.45. The van der Waals surface area contributed by atoms with Gasteiger partial charge in [-0.15, -0.1) is 0 Å². The molecule has 0 amide bonds. The van der Waals surface area contributed by atoms with Crippen LogP contribution in [-0.2, 0) is 29.2 Å². The summed E-state index contributed by atoms with van der Waals surface area (Å²) in [6.45, 7) is 0. The summed E-state index contributed by atoms with van der Waals surface area (Å²) in [7, 11) is -1.32. The number of ether oxygens (including phenoxy) is 4. The van der Waals surface area contributed by atoms with Gasteiger partial charge < -0.3 is 18.9 Å². The van der Waals surface area contributed by atoms with Crippen LogP contribution < -0.4 is 9.47 Å². The van der Waals surface area contributed by atoms with Gasteiger partial charge in [0.05, 0.1) is 20.4 Å². The number of hydrogen-bond acceptors (Lipinski definition) is 9. The van der Waals surface area contributed by atoms with E-state index in [0.29, 0.717) is 28.2 Å². The predicted octanol–water partition coefficient (Wildman–Crippen LogP) is 6.32. The lowest BCUT2D eigenvalue weighted by Gasteiger charge is -2.25. The smallest absolute Gasteiger partial charge is 0.345 e. The van der Waals surface area contributed by atoms with Gasteiger partial charge in [-0.2, -0.15) is 0 Å². The van der Waals surface area contributed by atoms with Crippen molar-refractivity contribution in [3.8, 4) is 11.5 Å². The zero-order valence-electron chi connectivity index (χ0n) is 21.0. The van der Waals surface area contributed by atoms with Crippen LogP contribution in [0.3, 0.4) is 0 Å². The van der Waals surface area contributed by atoms with E-state index in [-0.39, 0.29) is 17.3 Å². The van der Waals surface area contributed by atoms with Gasteiger partial charge in [-0.1, -0.05) is 66.7 Å². The molecule has 2 atom stereocenters. The Morgan fingerprint density at radius 3 is 1.77 bits per heavy atom. The second-order valence-corrected chi connectivity index (χ2v) is 10.9. The van der Waals surface area contributed by atoms with Gasteiger partial charge in [0, 0.05) is 11.1 Å². The molecule has 0 saturated carbocycles. The van der Waals surface area contributed by atoms with E-state index in [1.54, 1.807) is 36.4 Å². The van der Waals surface area contributed by atoms with Crippen LogP contribution in [0.4, 0.5) is 0 Å². The average Bonchev–Trinajstić information content (AvgIpc) is 3.43. The summed E-state index contributed by atoms with van der Waals surface area (Å²) in [6, 6.07) is 23.1. The van der Waals surface area contributed by atoms with Gasteiger partial charge in [0.1, 0.15) is 22.6 Å². The lowest BCUT2D eigenvalue weighted by atomic mass is 10.1. The van der Waals surface area contributed by atoms with Gasteiger partial charge in [0.2, 0.25) is 12.6 Å². The normalized spacial score (nSPS) is 19.1. The third-order valence-electron chi connectivity index (χ3n) is 6.66. The Kier molecular flexibility index (Phi) is 6.35. The number of benzene rings is 4. The van der Waals surface area contributed by atoms with Crippen molar-refractivity contribution in [1.29, 1.82) is 0 Å². The molecule has 39 heavy (non-hydrogen) atoms. The van der Waals surface area contributed by atoms with Crippen molar-refractivity contribution < 1.29 is 42.1 Å². The first-order chi connectivity index (χ1) is 18.9. The van der Waals surface area contributed by atoms with E-state index in [9.17, 15) is 14.2 Å². The van der Waals surface area contributed by atoms with Gasteiger partial charge >= 0.3 is 19.5 Å². The van der Waals surface area contributed by atoms with Crippen LogP contribution in [0.1, 0.15) is 50.0 Å². The Morgan fingerprint density at radius 2 is 1.21 bits per heavy atom. The van der Waals surface area contributed by atoms with Gasteiger partial charge in [0.25, 0.3) is 0 Å². The Morgan fingerprint density at radius 1 is 0.692 bits per heavy atom. The van der Waals surface area contributed by atoms with Crippen LogP contribution in [0.15, 0.2) is 78.9 Å². The van der Waals surface area contributed by atoms with E-state index < -0.39 is 32.1 Å². The van der Waals surface area contributed by atoms with Gasteiger partial charge in [-0.25, -0.2) is 9.59 Å². The zero-order valence-corrected chi connectivity index (χ0v) is 21.9. The molecule has 4 aromatic rings. The molecule has 198 valence electrons. The van der Waals surface area contributed by atoms with Crippen molar-refractivity contribution in [3.63, 3.8) is 0 Å². The Hall–Kier alpha value is -4.17. The molecular weight excluding hydrogens is 523 g/mol. The lowest BCUT2D eigenvalue weighted by molar-refractivity contribution is -0.0758. The van der Waals surface area contributed by atoms with Crippen LogP contribution >= 0.6 is 7.60 Å². The zero-order chi connectivity index (χ0) is 27.1. The molecule has 0 N–H and O–H groups in total. The van der Waals surface area contributed by atoms with Gasteiger partial charge in [-0.05, 0) is 28.5 Å². The number of carbonyl (C=O) groups is 2. The molecule has 4 aromatic carbocycles. The highest BCUT2D eigenvalue weighted by molar-refractivity contribution is 7.53. The van der Waals surface area contributed by atoms with Crippen LogP contribution in [0.25, 0.3) is 10.8 Å². The fraction of sp³-hybridized carbons (Fsp3) is 0.172. The second kappa shape index (κ2) is 9.85. The van der Waals surface area contributed by atoms with Crippen molar-refractivity contribution in [2.75, 3.05) is 14.2 Å². The number of esters is 2. The molecule has 2 aliphatic rings. The summed E-state index contributed by atoms with van der Waals surface area (Å²) < 4.78 is 48.2. The molecule has 10 heteroatoms. The van der Waals surface area contributed by atoms with E-state index in [0.717, 1.165) is 10.8 Å². The number of fused-ring (bicyclic) bond motifs is 3. The van der Waals surface area contributed by atoms with Crippen molar-refractivity contribution >= 4 is 30.3 Å². The van der Waals surface area contributed by atoms with Gasteiger partial charge in [0.15, 0.2) is 0 Å². The lowest BCUT2D eigenvalue weighted by Crippen LogP contribution is -2.10. The molecule has 0 aromatic heterocycles. The van der Waals surface area contributed by atoms with Crippen LogP contribution in [0.5, 0.6) is 11.5 Å². The topological polar surface area (TPSA) is 107 Å². The Labute approximate surface area is 223 Å². The van der Waals surface area contributed by atoms with Crippen LogP contribution in [0, 0.1) is 0 Å². The second-order valence-electron chi connectivity index (χ2n) is 8.94. The SMILES string of the molecule is COc1cccc2c1C(=O)OC2OP(=O)(Cc1cccc2ccccc12)OC1OC(=O)c2c(OC)cccc21. The number of methoxy groups -OCH3 is 2. The largest absolute Gasteiger partial charge is 0.496 e. The van der Waals surface area contributed by atoms with Crippen LogP contribution in [0.2, 0.25) is 0 Å². The monoisotopic (exact) mass is 546 g/mol. The molecule has 0 radical (unpaired) electrons. The number of cyclic esters (lactones) is 2. The maximum absolute atomic E-state index is 14.6. The number of carbonyl (C=O) groups excluding carboxylic acids is 2. The Balaban J connectivity index is 1.40. The fourth-order valence-corrected chi connectivity index (χ4v) is 6.68. The molecule has 2 aliphatic heterocycles. The summed E-state index contributed by atoms with van der Waals surface area (Å²) in [5, 5.41) is 1.79. The molecule has 2 unspecified atom stereocenters. The minimum Gasteiger partial charge on any atom is -0.496 e. The molecule has 9 nitrogen and oxygen atoms in total. The van der Waals surface area contributed by atoms with E-state index in [1.807, 2.05) is 42.5 Å². The highest BCUT2D eigenvalue weighted by Crippen LogP contribution is 2.61. The molecule has 0 fully saturated rings. The third-order valence-corrected chi connectivity index (χ3v) is 8.41. The minimum atomic E-state index is -4.19. The molecule has 0 saturated heterocycles. The van der Waals surface area contributed by atoms with Crippen LogP contribution in [-0.4, -0.2) is 26.2 Å². The Bertz CT molecular complexity index is 1580. The quantitative estimate of drug-likeness (QED) is 0.185. The molecular formula is C29H23O9P. The molecule has 6 rings (SSSR count). The standard InChI is InChI=1S/C29H23O9P/c1-33-22-14-6-12-20-24(22)26(30)35-28(20)37-39(32,16-18-10-5-9-17-8-3-4-11-19(17)18)38-29-21-13-7-15-23(34-2)25(21)27(31)36-29/h3-15,28-29H,16H2,1-2H3. The van der Waals surface area contributed by atoms with E-state index in [1.165, 1.54) is 14.2 Å². The van der Waals surface area contributed by atoms with E-state index in [4.69, 9.17) is 28.0 Å². The summed E-state index contributed by atoms with van der Waals surface area (Å²) in [6.07, 6.45) is -2.84. The molecule has 0 bridgehead atoms. The van der Waals surface area contributed by atoms with Crippen molar-refractivity contribution in [3.05, 3.63) is 107 Å². The fourth-order valence-electron chi connectivity index (χ4n) is 4.89. The van der Waals surface area contributed by atoms with E-state index >= 15 is 0 Å². The first-order valence-electron chi connectivity index (χ1n) is 12.1. The first-order valence-corrected chi connectivity index (χ1v) is 13.8. The van der Waals surface area contributed by atoms with Gasteiger partial charge in [-0.3, -0.25) is 13.6 Å². The molecule has 2 heterocycles. The van der Waals surface area contributed by atoms with E-state index in [2.05, 4.69) is 0 Å². The number of rotatable bonds is 8. The summed E-state index contributed by atoms with van der Waals surface area (Å²) in [5.41, 5.74) is 1.76. The average molecular weight is 546 g/mol. The first kappa shape index (κ1) is 25.1. The molecule has 0 aliphatic carbocycles.